The van der Waals surface area contributed by atoms with Crippen LogP contribution < -0.4 is 5.56 Å². The summed E-state index contributed by atoms with van der Waals surface area (Å²) < 4.78 is 3.54. The topological polar surface area (TPSA) is 77.5 Å². The fourth-order valence-corrected chi connectivity index (χ4v) is 4.38. The summed E-state index contributed by atoms with van der Waals surface area (Å²) in [4.78, 5) is 21.9. The van der Waals surface area contributed by atoms with Crippen molar-refractivity contribution in [3.8, 4) is 0 Å². The third kappa shape index (κ3) is 2.49. The largest absolute Gasteiger partial charge is 0.269 e. The van der Waals surface area contributed by atoms with Crippen molar-refractivity contribution in [2.75, 3.05) is 0 Å². The summed E-state index contributed by atoms with van der Waals surface area (Å²) in [6.07, 6.45) is 0. The van der Waals surface area contributed by atoms with E-state index in [4.69, 9.17) is 0 Å². The molecule has 4 aromatic heterocycles. The van der Waals surface area contributed by atoms with Gasteiger partial charge in [0.2, 0.25) is 0 Å². The molecule has 122 valence electrons. The van der Waals surface area contributed by atoms with Gasteiger partial charge in [-0.05, 0) is 26.8 Å². The van der Waals surface area contributed by atoms with Gasteiger partial charge < -0.3 is 0 Å². The van der Waals surface area contributed by atoms with E-state index in [1.54, 1.807) is 10.5 Å². The summed E-state index contributed by atoms with van der Waals surface area (Å²) in [5.74, 6) is 1.14. The summed E-state index contributed by atoms with van der Waals surface area (Å²) in [6, 6.07) is 3.57. The SMILES string of the molecule is Cc1cc(C)n2c(SCc3cc(=O)n4c(C)csc4n3)nnc2n1. The van der Waals surface area contributed by atoms with Gasteiger partial charge in [-0.3, -0.25) is 13.6 Å². The molecule has 0 unspecified atom stereocenters. The maximum atomic E-state index is 12.2. The summed E-state index contributed by atoms with van der Waals surface area (Å²) >= 11 is 2.97. The van der Waals surface area contributed by atoms with Gasteiger partial charge in [-0.15, -0.1) is 21.5 Å². The Morgan fingerprint density at radius 2 is 1.92 bits per heavy atom. The van der Waals surface area contributed by atoms with E-state index in [0.29, 0.717) is 11.5 Å². The van der Waals surface area contributed by atoms with Crippen molar-refractivity contribution in [1.82, 2.24) is 29.0 Å². The maximum absolute atomic E-state index is 12.2. The first-order valence-electron chi connectivity index (χ1n) is 7.32. The predicted octanol–water partition coefficient (Wildman–Crippen LogP) is 2.41. The molecular formula is C15H14N6OS2. The Hall–Kier alpha value is -2.26. The number of hydrogen-bond donors (Lipinski definition) is 0. The lowest BCUT2D eigenvalue weighted by atomic mass is 10.3. The van der Waals surface area contributed by atoms with E-state index in [2.05, 4.69) is 20.2 Å². The van der Waals surface area contributed by atoms with Crippen LogP contribution >= 0.6 is 23.1 Å². The van der Waals surface area contributed by atoms with E-state index >= 15 is 0 Å². The van der Waals surface area contributed by atoms with Crippen LogP contribution in [0.25, 0.3) is 10.7 Å². The average molecular weight is 358 g/mol. The Morgan fingerprint density at radius 3 is 2.75 bits per heavy atom. The molecule has 4 heterocycles. The highest BCUT2D eigenvalue weighted by molar-refractivity contribution is 7.98. The molecule has 0 radical (unpaired) electrons. The Morgan fingerprint density at radius 1 is 1.08 bits per heavy atom. The lowest BCUT2D eigenvalue weighted by molar-refractivity contribution is 0.884. The highest BCUT2D eigenvalue weighted by atomic mass is 32.2. The Kier molecular flexibility index (Phi) is 3.61. The van der Waals surface area contributed by atoms with Crippen LogP contribution in [-0.4, -0.2) is 29.0 Å². The number of aryl methyl sites for hydroxylation is 3. The minimum atomic E-state index is -0.0473. The number of fused-ring (bicyclic) bond motifs is 2. The molecule has 4 rings (SSSR count). The molecule has 0 amide bonds. The van der Waals surface area contributed by atoms with Gasteiger partial charge in [0.1, 0.15) is 0 Å². The number of hydrogen-bond acceptors (Lipinski definition) is 7. The molecule has 0 aliphatic rings. The van der Waals surface area contributed by atoms with Crippen molar-refractivity contribution in [2.45, 2.75) is 31.7 Å². The van der Waals surface area contributed by atoms with E-state index in [0.717, 1.165) is 32.9 Å². The van der Waals surface area contributed by atoms with Crippen LogP contribution in [0.2, 0.25) is 0 Å². The van der Waals surface area contributed by atoms with E-state index in [9.17, 15) is 4.79 Å². The van der Waals surface area contributed by atoms with Gasteiger partial charge in [0, 0.05) is 34.3 Å². The zero-order valence-corrected chi connectivity index (χ0v) is 15.0. The molecule has 24 heavy (non-hydrogen) atoms. The van der Waals surface area contributed by atoms with Crippen LogP contribution in [0, 0.1) is 20.8 Å². The number of rotatable bonds is 3. The molecule has 4 aromatic rings. The van der Waals surface area contributed by atoms with Gasteiger partial charge >= 0.3 is 0 Å². The Balaban J connectivity index is 1.67. The molecule has 0 N–H and O–H groups in total. The summed E-state index contributed by atoms with van der Waals surface area (Å²) in [6.45, 7) is 5.84. The monoisotopic (exact) mass is 358 g/mol. The Labute approximate surface area is 145 Å². The third-order valence-corrected chi connectivity index (χ3v) is 5.55. The van der Waals surface area contributed by atoms with Crippen molar-refractivity contribution in [2.24, 2.45) is 0 Å². The molecule has 0 aliphatic carbocycles. The van der Waals surface area contributed by atoms with Gasteiger partial charge in [0.25, 0.3) is 11.3 Å². The fraction of sp³-hybridized carbons (Fsp3) is 0.267. The molecule has 0 saturated carbocycles. The zero-order chi connectivity index (χ0) is 16.8. The molecule has 7 nitrogen and oxygen atoms in total. The first-order valence-corrected chi connectivity index (χ1v) is 9.18. The molecule has 0 aliphatic heterocycles. The van der Waals surface area contributed by atoms with Crippen molar-refractivity contribution in [1.29, 1.82) is 0 Å². The second-order valence-electron chi connectivity index (χ2n) is 5.53. The van der Waals surface area contributed by atoms with Gasteiger partial charge in [-0.1, -0.05) is 11.8 Å². The standard InChI is InChI=1S/C15H14N6OS2/c1-8-4-9(2)21-13(16-8)18-19-15(21)24-7-11-5-12(22)20-10(3)6-23-14(20)17-11/h4-6H,7H2,1-3H3. The van der Waals surface area contributed by atoms with Crippen LogP contribution in [0.4, 0.5) is 0 Å². The summed E-state index contributed by atoms with van der Waals surface area (Å²) in [5.41, 5.74) is 3.54. The van der Waals surface area contributed by atoms with Crippen molar-refractivity contribution in [3.63, 3.8) is 0 Å². The fourth-order valence-electron chi connectivity index (χ4n) is 2.61. The number of nitrogens with zero attached hydrogens (tertiary/aromatic N) is 6. The minimum absolute atomic E-state index is 0.0473. The summed E-state index contributed by atoms with van der Waals surface area (Å²) in [5, 5.41) is 11.0. The van der Waals surface area contributed by atoms with Gasteiger partial charge in [-0.2, -0.15) is 0 Å². The van der Waals surface area contributed by atoms with Gasteiger partial charge in [0.15, 0.2) is 10.1 Å². The third-order valence-electron chi connectivity index (χ3n) is 3.64. The lowest BCUT2D eigenvalue weighted by Crippen LogP contribution is -2.14. The van der Waals surface area contributed by atoms with Crippen molar-refractivity contribution in [3.05, 3.63) is 50.6 Å². The number of aromatic nitrogens is 6. The highest BCUT2D eigenvalue weighted by Gasteiger charge is 2.12. The van der Waals surface area contributed by atoms with Crippen LogP contribution in [-0.2, 0) is 5.75 Å². The molecule has 0 bridgehead atoms. The number of thioether (sulfide) groups is 1. The molecule has 0 saturated heterocycles. The number of thiazole rings is 1. The van der Waals surface area contributed by atoms with E-state index in [1.165, 1.54) is 23.1 Å². The van der Waals surface area contributed by atoms with Crippen LogP contribution in [0.1, 0.15) is 22.8 Å². The first-order chi connectivity index (χ1) is 11.5. The van der Waals surface area contributed by atoms with Gasteiger partial charge in [-0.25, -0.2) is 9.97 Å². The van der Waals surface area contributed by atoms with Crippen LogP contribution in [0.15, 0.2) is 27.5 Å². The van der Waals surface area contributed by atoms with Crippen LogP contribution in [0.3, 0.4) is 0 Å². The summed E-state index contributed by atoms with van der Waals surface area (Å²) in [7, 11) is 0. The normalized spacial score (nSPS) is 11.6. The lowest BCUT2D eigenvalue weighted by Gasteiger charge is -2.04. The molecular weight excluding hydrogens is 344 g/mol. The molecule has 0 aromatic carbocycles. The van der Waals surface area contributed by atoms with Crippen molar-refractivity contribution < 1.29 is 0 Å². The quantitative estimate of drug-likeness (QED) is 0.524. The molecule has 9 heteroatoms. The van der Waals surface area contributed by atoms with Gasteiger partial charge in [0.05, 0.1) is 5.69 Å². The molecule has 0 spiro atoms. The van der Waals surface area contributed by atoms with E-state index < -0.39 is 0 Å². The Bertz CT molecular complexity index is 1130. The van der Waals surface area contributed by atoms with Crippen molar-refractivity contribution >= 4 is 33.8 Å². The molecule has 0 atom stereocenters. The zero-order valence-electron chi connectivity index (χ0n) is 13.3. The second kappa shape index (κ2) is 5.67. The average Bonchev–Trinajstić information content (AvgIpc) is 3.09. The molecule has 0 fully saturated rings. The van der Waals surface area contributed by atoms with E-state index in [-0.39, 0.29) is 5.56 Å². The van der Waals surface area contributed by atoms with Crippen LogP contribution in [0.5, 0.6) is 0 Å². The highest BCUT2D eigenvalue weighted by Crippen LogP contribution is 2.22. The smallest absolute Gasteiger partial charge is 0.258 e. The second-order valence-corrected chi connectivity index (χ2v) is 7.31. The van der Waals surface area contributed by atoms with E-state index in [1.807, 2.05) is 36.6 Å². The maximum Gasteiger partial charge on any atom is 0.258 e. The predicted molar refractivity (Wildman–Crippen MR) is 93.9 cm³/mol. The minimum Gasteiger partial charge on any atom is -0.269 e. The first kappa shape index (κ1) is 15.3.